The third-order valence-corrected chi connectivity index (χ3v) is 5.43. The lowest BCUT2D eigenvalue weighted by atomic mass is 10.1. The number of amides is 1. The van der Waals surface area contributed by atoms with Gasteiger partial charge < -0.3 is 20.3 Å². The predicted molar refractivity (Wildman–Crippen MR) is 111 cm³/mol. The van der Waals surface area contributed by atoms with Crippen LogP contribution in [0.1, 0.15) is 23.2 Å². The van der Waals surface area contributed by atoms with Gasteiger partial charge in [-0.1, -0.05) is 30.3 Å². The van der Waals surface area contributed by atoms with E-state index in [2.05, 4.69) is 25.2 Å². The van der Waals surface area contributed by atoms with Crippen LogP contribution in [-0.2, 0) is 6.54 Å². The maximum Gasteiger partial charge on any atom is 0.253 e. The normalized spacial score (nSPS) is 21.1. The van der Waals surface area contributed by atoms with Crippen molar-refractivity contribution in [3.63, 3.8) is 0 Å². The molecule has 1 amide bonds. The monoisotopic (exact) mass is 391 g/mol. The van der Waals surface area contributed by atoms with Gasteiger partial charge in [-0.15, -0.1) is 0 Å². The first-order valence-corrected chi connectivity index (χ1v) is 9.83. The molecule has 3 aromatic rings. The first kappa shape index (κ1) is 19.1. The number of hydrogen-bond donors (Lipinski definition) is 3. The number of aliphatic hydroxyl groups excluding tert-OH is 1. The maximum absolute atomic E-state index is 12.5. The summed E-state index contributed by atoms with van der Waals surface area (Å²) < 4.78 is 2.12. The molecule has 0 aliphatic heterocycles. The van der Waals surface area contributed by atoms with Gasteiger partial charge in [-0.25, -0.2) is 9.97 Å². The second-order valence-electron chi connectivity index (χ2n) is 7.44. The fourth-order valence-electron chi connectivity index (χ4n) is 3.93. The molecule has 1 saturated carbocycles. The van der Waals surface area contributed by atoms with Crippen LogP contribution < -0.4 is 10.6 Å². The molecule has 3 N–H and O–H groups in total. The van der Waals surface area contributed by atoms with Crippen LogP contribution in [0.4, 0.5) is 5.82 Å². The molecule has 0 bridgehead atoms. The lowest BCUT2D eigenvalue weighted by Gasteiger charge is -2.16. The van der Waals surface area contributed by atoms with E-state index in [0.29, 0.717) is 17.8 Å². The molecule has 2 aromatic heterocycles. The summed E-state index contributed by atoms with van der Waals surface area (Å²) in [6, 6.07) is 13.3. The summed E-state index contributed by atoms with van der Waals surface area (Å²) in [6.45, 7) is 0.756. The highest BCUT2D eigenvalue weighted by Crippen LogP contribution is 2.29. The number of benzene rings is 1. The van der Waals surface area contributed by atoms with E-state index < -0.39 is 6.10 Å². The third kappa shape index (κ3) is 4.30. The fraction of sp³-hybridized carbons (Fsp3) is 0.318. The zero-order valence-corrected chi connectivity index (χ0v) is 16.3. The van der Waals surface area contributed by atoms with Gasteiger partial charge in [0, 0.05) is 37.7 Å². The van der Waals surface area contributed by atoms with Gasteiger partial charge in [-0.2, -0.15) is 0 Å². The molecule has 1 aliphatic carbocycles. The third-order valence-electron chi connectivity index (χ3n) is 5.43. The molecular formula is C22H25N5O2. The van der Waals surface area contributed by atoms with Crippen LogP contribution >= 0.6 is 0 Å². The SMILES string of the molecule is CNc1ccc(C(=O)N[C@@H]2CC(Cn3ccnc3-c3ccccc3)C[C@H]2O)cn1. The Morgan fingerprint density at radius 2 is 2.00 bits per heavy atom. The maximum atomic E-state index is 12.5. The van der Waals surface area contributed by atoms with Gasteiger partial charge in [-0.05, 0) is 30.9 Å². The highest BCUT2D eigenvalue weighted by atomic mass is 16.3. The van der Waals surface area contributed by atoms with Gasteiger partial charge in [0.15, 0.2) is 0 Å². The summed E-state index contributed by atoms with van der Waals surface area (Å²) in [7, 11) is 1.78. The van der Waals surface area contributed by atoms with Crippen LogP contribution in [0.2, 0.25) is 0 Å². The number of imidazole rings is 1. The summed E-state index contributed by atoms with van der Waals surface area (Å²) in [5.74, 6) is 1.68. The average molecular weight is 391 g/mol. The first-order valence-electron chi connectivity index (χ1n) is 9.83. The van der Waals surface area contributed by atoms with Crippen LogP contribution in [0.15, 0.2) is 61.1 Å². The fourth-order valence-corrected chi connectivity index (χ4v) is 3.93. The van der Waals surface area contributed by atoms with Crippen molar-refractivity contribution in [2.24, 2.45) is 5.92 Å². The van der Waals surface area contributed by atoms with E-state index in [0.717, 1.165) is 24.4 Å². The van der Waals surface area contributed by atoms with E-state index in [-0.39, 0.29) is 17.9 Å². The van der Waals surface area contributed by atoms with E-state index in [1.807, 2.05) is 36.5 Å². The quantitative estimate of drug-likeness (QED) is 0.601. The number of aliphatic hydroxyl groups is 1. The van der Waals surface area contributed by atoms with Crippen LogP contribution in [0.25, 0.3) is 11.4 Å². The summed E-state index contributed by atoms with van der Waals surface area (Å²) in [5, 5.41) is 16.4. The van der Waals surface area contributed by atoms with E-state index >= 15 is 0 Å². The highest BCUT2D eigenvalue weighted by molar-refractivity contribution is 5.94. The number of anilines is 1. The summed E-state index contributed by atoms with van der Waals surface area (Å²) in [6.07, 6.45) is 6.12. The Morgan fingerprint density at radius 1 is 1.17 bits per heavy atom. The predicted octanol–water partition coefficient (Wildman–Crippen LogP) is 2.56. The van der Waals surface area contributed by atoms with Gasteiger partial charge in [0.2, 0.25) is 0 Å². The molecule has 0 spiro atoms. The second kappa shape index (κ2) is 8.45. The van der Waals surface area contributed by atoms with Gasteiger partial charge in [0.05, 0.1) is 17.7 Å². The molecular weight excluding hydrogens is 366 g/mol. The molecule has 7 nitrogen and oxygen atoms in total. The standard InChI is InChI=1S/C22H25N5O2/c1-23-20-8-7-17(13-25-20)22(29)26-18-11-15(12-19(18)28)14-27-10-9-24-21(27)16-5-3-2-4-6-16/h2-10,13,15,18-19,28H,11-12,14H2,1H3,(H,23,25)(H,26,29)/t15?,18-,19-/m1/s1. The summed E-state index contributed by atoms with van der Waals surface area (Å²) in [5.41, 5.74) is 1.55. The van der Waals surface area contributed by atoms with Crippen LogP contribution in [-0.4, -0.2) is 44.7 Å². The minimum atomic E-state index is -0.558. The van der Waals surface area contributed by atoms with Crippen molar-refractivity contribution < 1.29 is 9.90 Å². The lowest BCUT2D eigenvalue weighted by molar-refractivity contribution is 0.0872. The Morgan fingerprint density at radius 3 is 2.72 bits per heavy atom. The number of hydrogen-bond acceptors (Lipinski definition) is 5. The molecule has 1 unspecified atom stereocenters. The van der Waals surface area contributed by atoms with Gasteiger partial charge in [0.1, 0.15) is 11.6 Å². The Labute approximate surface area is 169 Å². The zero-order valence-electron chi connectivity index (χ0n) is 16.3. The molecule has 1 aromatic carbocycles. The largest absolute Gasteiger partial charge is 0.391 e. The van der Waals surface area contributed by atoms with E-state index in [4.69, 9.17) is 0 Å². The molecule has 0 radical (unpaired) electrons. The van der Waals surface area contributed by atoms with Crippen molar-refractivity contribution in [3.8, 4) is 11.4 Å². The van der Waals surface area contributed by atoms with E-state index in [9.17, 15) is 9.90 Å². The minimum Gasteiger partial charge on any atom is -0.391 e. The van der Waals surface area contributed by atoms with Crippen molar-refractivity contribution in [1.29, 1.82) is 0 Å². The van der Waals surface area contributed by atoms with Crippen LogP contribution in [0.5, 0.6) is 0 Å². The number of pyridine rings is 1. The lowest BCUT2D eigenvalue weighted by Crippen LogP contribution is -2.39. The molecule has 4 rings (SSSR count). The Balaban J connectivity index is 1.39. The van der Waals surface area contributed by atoms with Crippen LogP contribution in [0.3, 0.4) is 0 Å². The number of carbonyl (C=O) groups excluding carboxylic acids is 1. The average Bonchev–Trinajstić information content (AvgIpc) is 3.35. The molecule has 0 saturated heterocycles. The highest BCUT2D eigenvalue weighted by Gasteiger charge is 2.34. The smallest absolute Gasteiger partial charge is 0.253 e. The molecule has 2 heterocycles. The van der Waals surface area contributed by atoms with Crippen molar-refractivity contribution in [3.05, 3.63) is 66.6 Å². The number of nitrogens with one attached hydrogen (secondary N) is 2. The Bertz CT molecular complexity index is 955. The Hall–Kier alpha value is -3.19. The first-order chi connectivity index (χ1) is 14.1. The Kier molecular flexibility index (Phi) is 5.57. The number of rotatable bonds is 6. The minimum absolute atomic E-state index is 0.211. The molecule has 29 heavy (non-hydrogen) atoms. The van der Waals surface area contributed by atoms with Crippen molar-refractivity contribution in [2.75, 3.05) is 12.4 Å². The number of nitrogens with zero attached hydrogens (tertiary/aromatic N) is 3. The second-order valence-corrected chi connectivity index (χ2v) is 7.44. The van der Waals surface area contributed by atoms with Crippen molar-refractivity contribution >= 4 is 11.7 Å². The molecule has 1 fully saturated rings. The molecule has 150 valence electrons. The zero-order chi connectivity index (χ0) is 20.2. The van der Waals surface area contributed by atoms with Gasteiger partial charge in [0.25, 0.3) is 5.91 Å². The van der Waals surface area contributed by atoms with Crippen molar-refractivity contribution in [2.45, 2.75) is 31.5 Å². The van der Waals surface area contributed by atoms with Crippen LogP contribution in [0, 0.1) is 5.92 Å². The van der Waals surface area contributed by atoms with E-state index in [1.165, 1.54) is 6.20 Å². The molecule has 1 aliphatic rings. The van der Waals surface area contributed by atoms with Gasteiger partial charge in [-0.3, -0.25) is 4.79 Å². The van der Waals surface area contributed by atoms with E-state index in [1.54, 1.807) is 25.4 Å². The topological polar surface area (TPSA) is 92.1 Å². The van der Waals surface area contributed by atoms with Crippen molar-refractivity contribution in [1.82, 2.24) is 19.9 Å². The number of carbonyl (C=O) groups is 1. The number of aromatic nitrogens is 3. The summed E-state index contributed by atoms with van der Waals surface area (Å²) in [4.78, 5) is 21.2. The van der Waals surface area contributed by atoms with Gasteiger partial charge >= 0.3 is 0 Å². The molecule has 3 atom stereocenters. The molecule has 7 heteroatoms. The summed E-state index contributed by atoms with van der Waals surface area (Å²) >= 11 is 0.